The Morgan fingerprint density at radius 2 is 2.21 bits per heavy atom. The first-order chi connectivity index (χ1) is 6.83. The Balaban J connectivity index is 1.93. The Labute approximate surface area is 87.3 Å². The van der Waals surface area contributed by atoms with Gasteiger partial charge in [0.15, 0.2) is 0 Å². The van der Waals surface area contributed by atoms with E-state index in [1.54, 1.807) is 11.3 Å². The maximum Gasteiger partial charge on any atom is 0.229 e. The van der Waals surface area contributed by atoms with Gasteiger partial charge in [0.05, 0.1) is 11.5 Å². The van der Waals surface area contributed by atoms with Crippen LogP contribution in [0.1, 0.15) is 37.3 Å². The molecule has 14 heavy (non-hydrogen) atoms. The van der Waals surface area contributed by atoms with E-state index in [4.69, 9.17) is 0 Å². The molecule has 1 atom stereocenters. The van der Waals surface area contributed by atoms with Gasteiger partial charge in [-0.05, 0) is 35.2 Å². The Morgan fingerprint density at radius 3 is 2.79 bits per heavy atom. The quantitative estimate of drug-likeness (QED) is 0.704. The number of carbonyl (C=O) groups is 1. The molecule has 1 aliphatic carbocycles. The van der Waals surface area contributed by atoms with E-state index in [0.717, 1.165) is 12.8 Å². The van der Waals surface area contributed by atoms with Crippen molar-refractivity contribution in [1.82, 2.24) is 5.32 Å². The van der Waals surface area contributed by atoms with Crippen molar-refractivity contribution in [1.29, 1.82) is 0 Å². The highest BCUT2D eigenvalue weighted by Gasteiger charge is 2.56. The van der Waals surface area contributed by atoms with E-state index >= 15 is 0 Å². The van der Waals surface area contributed by atoms with Gasteiger partial charge in [0.2, 0.25) is 5.91 Å². The first kappa shape index (κ1) is 8.48. The molecule has 1 aromatic rings. The maximum absolute atomic E-state index is 11.7. The summed E-state index contributed by atoms with van der Waals surface area (Å²) in [5, 5.41) is 7.29. The summed E-state index contributed by atoms with van der Waals surface area (Å²) in [4.78, 5) is 11.7. The summed E-state index contributed by atoms with van der Waals surface area (Å²) in [6, 6.07) is 2.44. The van der Waals surface area contributed by atoms with Crippen molar-refractivity contribution in [3.63, 3.8) is 0 Å². The number of amides is 1. The molecule has 0 aromatic carbocycles. The Bertz CT molecular complexity index is 351. The average molecular weight is 207 g/mol. The fourth-order valence-electron chi connectivity index (χ4n) is 2.83. The van der Waals surface area contributed by atoms with Crippen molar-refractivity contribution in [2.24, 2.45) is 5.41 Å². The van der Waals surface area contributed by atoms with Gasteiger partial charge in [0.25, 0.3) is 0 Å². The molecular weight excluding hydrogens is 194 g/mol. The normalized spacial score (nSPS) is 28.9. The highest BCUT2D eigenvalue weighted by atomic mass is 32.1. The Hall–Kier alpha value is -0.830. The van der Waals surface area contributed by atoms with Gasteiger partial charge in [-0.1, -0.05) is 12.8 Å². The fourth-order valence-corrected chi connectivity index (χ4v) is 3.52. The topological polar surface area (TPSA) is 29.1 Å². The van der Waals surface area contributed by atoms with Crippen molar-refractivity contribution < 1.29 is 4.79 Å². The van der Waals surface area contributed by atoms with Gasteiger partial charge in [-0.3, -0.25) is 4.79 Å². The van der Waals surface area contributed by atoms with Gasteiger partial charge in [-0.2, -0.15) is 11.3 Å². The van der Waals surface area contributed by atoms with Crippen LogP contribution in [0.15, 0.2) is 16.8 Å². The fraction of sp³-hybridized carbons (Fsp3) is 0.545. The van der Waals surface area contributed by atoms with Crippen LogP contribution in [0.5, 0.6) is 0 Å². The summed E-state index contributed by atoms with van der Waals surface area (Å²) < 4.78 is 0. The van der Waals surface area contributed by atoms with Gasteiger partial charge in [0, 0.05) is 0 Å². The maximum atomic E-state index is 11.7. The molecule has 0 radical (unpaired) electrons. The minimum Gasteiger partial charge on any atom is -0.348 e. The molecule has 1 saturated carbocycles. The second kappa shape index (κ2) is 2.83. The van der Waals surface area contributed by atoms with Gasteiger partial charge < -0.3 is 5.32 Å². The largest absolute Gasteiger partial charge is 0.348 e. The number of thiophene rings is 1. The van der Waals surface area contributed by atoms with Crippen LogP contribution in [0, 0.1) is 5.41 Å². The van der Waals surface area contributed by atoms with E-state index < -0.39 is 0 Å². The zero-order valence-electron chi connectivity index (χ0n) is 7.95. The smallest absolute Gasteiger partial charge is 0.229 e. The summed E-state index contributed by atoms with van der Waals surface area (Å²) in [5.41, 5.74) is 1.28. The van der Waals surface area contributed by atoms with Crippen LogP contribution in [0.3, 0.4) is 0 Å². The van der Waals surface area contributed by atoms with Crippen molar-refractivity contribution in [3.8, 4) is 0 Å². The average Bonchev–Trinajstić information content (AvgIpc) is 2.85. The second-order valence-electron chi connectivity index (χ2n) is 4.33. The predicted octanol–water partition coefficient (Wildman–Crippen LogP) is 2.48. The number of carbonyl (C=O) groups excluding carboxylic acids is 1. The highest BCUT2D eigenvalue weighted by Crippen LogP contribution is 2.53. The Kier molecular flexibility index (Phi) is 1.71. The van der Waals surface area contributed by atoms with E-state index in [-0.39, 0.29) is 11.3 Å². The molecule has 1 N–H and O–H groups in total. The molecule has 2 heterocycles. The molecule has 2 nitrogen and oxygen atoms in total. The van der Waals surface area contributed by atoms with Crippen LogP contribution in [0.2, 0.25) is 0 Å². The summed E-state index contributed by atoms with van der Waals surface area (Å²) in [5.74, 6) is 0.284. The lowest BCUT2D eigenvalue weighted by atomic mass is 9.69. The molecule has 1 amide bonds. The number of rotatable bonds is 1. The monoisotopic (exact) mass is 207 g/mol. The van der Waals surface area contributed by atoms with Crippen LogP contribution < -0.4 is 5.32 Å². The molecule has 1 aromatic heterocycles. The lowest BCUT2D eigenvalue weighted by molar-refractivity contribution is -0.145. The Morgan fingerprint density at radius 1 is 1.43 bits per heavy atom. The number of hydrogen-bond acceptors (Lipinski definition) is 2. The zero-order valence-corrected chi connectivity index (χ0v) is 8.77. The van der Waals surface area contributed by atoms with Crippen molar-refractivity contribution in [2.45, 2.75) is 31.7 Å². The molecule has 0 bridgehead atoms. The van der Waals surface area contributed by atoms with E-state index in [0.29, 0.717) is 6.04 Å². The van der Waals surface area contributed by atoms with Crippen molar-refractivity contribution in [3.05, 3.63) is 22.4 Å². The number of hydrogen-bond donors (Lipinski definition) is 1. The predicted molar refractivity (Wildman–Crippen MR) is 56.1 cm³/mol. The van der Waals surface area contributed by atoms with E-state index in [1.165, 1.54) is 18.4 Å². The van der Waals surface area contributed by atoms with E-state index in [1.807, 2.05) is 0 Å². The number of nitrogens with one attached hydrogen (secondary N) is 1. The van der Waals surface area contributed by atoms with Crippen molar-refractivity contribution in [2.75, 3.05) is 0 Å². The van der Waals surface area contributed by atoms with Gasteiger partial charge in [-0.15, -0.1) is 0 Å². The zero-order chi connectivity index (χ0) is 9.60. The number of β-lactam (4-membered cyclic amide) rings is 1. The minimum atomic E-state index is -0.0267. The third-order valence-electron chi connectivity index (χ3n) is 3.65. The third kappa shape index (κ3) is 0.934. The lowest BCUT2D eigenvalue weighted by Gasteiger charge is -2.46. The first-order valence-electron chi connectivity index (χ1n) is 5.16. The molecule has 1 spiro atoms. The van der Waals surface area contributed by atoms with Crippen molar-refractivity contribution >= 4 is 17.2 Å². The minimum absolute atomic E-state index is 0.0267. The third-order valence-corrected chi connectivity index (χ3v) is 4.35. The van der Waals surface area contributed by atoms with Crippen LogP contribution in [-0.4, -0.2) is 5.91 Å². The van der Waals surface area contributed by atoms with Gasteiger partial charge >= 0.3 is 0 Å². The molecule has 2 fully saturated rings. The first-order valence-corrected chi connectivity index (χ1v) is 6.10. The van der Waals surface area contributed by atoms with Crippen LogP contribution in [0.4, 0.5) is 0 Å². The molecule has 1 unspecified atom stereocenters. The van der Waals surface area contributed by atoms with E-state index in [9.17, 15) is 4.79 Å². The van der Waals surface area contributed by atoms with Gasteiger partial charge in [-0.25, -0.2) is 0 Å². The molecule has 1 saturated heterocycles. The van der Waals surface area contributed by atoms with Crippen LogP contribution in [-0.2, 0) is 4.79 Å². The van der Waals surface area contributed by atoms with Crippen LogP contribution >= 0.6 is 11.3 Å². The lowest BCUT2D eigenvalue weighted by Crippen LogP contribution is -2.59. The molecule has 2 aliphatic rings. The highest BCUT2D eigenvalue weighted by molar-refractivity contribution is 7.08. The molecular formula is C11H13NOS. The molecule has 1 aliphatic heterocycles. The summed E-state index contributed by atoms with van der Waals surface area (Å²) >= 11 is 1.71. The second-order valence-corrected chi connectivity index (χ2v) is 5.11. The summed E-state index contributed by atoms with van der Waals surface area (Å²) in [7, 11) is 0. The van der Waals surface area contributed by atoms with Crippen LogP contribution in [0.25, 0.3) is 0 Å². The summed E-state index contributed by atoms with van der Waals surface area (Å²) in [6.07, 6.45) is 4.60. The SMILES string of the molecule is O=C1NC(c2ccsc2)C12CCCC2. The standard InChI is InChI=1S/C11H13NOS/c13-10-11(4-1-2-5-11)9(12-10)8-3-6-14-7-8/h3,6-7,9H,1-2,4-5H2,(H,12,13). The molecule has 3 rings (SSSR count). The van der Waals surface area contributed by atoms with E-state index in [2.05, 4.69) is 22.1 Å². The summed E-state index contributed by atoms with van der Waals surface area (Å²) in [6.45, 7) is 0. The molecule has 74 valence electrons. The molecule has 3 heteroatoms. The van der Waals surface area contributed by atoms with Gasteiger partial charge in [0.1, 0.15) is 0 Å².